The van der Waals surface area contributed by atoms with E-state index in [2.05, 4.69) is 17.4 Å². The molecule has 1 unspecified atom stereocenters. The standard InChI is InChI=1S/C14H18FN/c15-14(7-8-16-10-14)13-6-2-5-12(9-13)11-3-1-4-11/h2,5-6,9,11,16H,1,3-4,7-8,10H2. The number of halogens is 1. The van der Waals surface area contributed by atoms with Crippen molar-refractivity contribution in [3.8, 4) is 0 Å². The maximum Gasteiger partial charge on any atom is 0.149 e. The number of hydrogen-bond acceptors (Lipinski definition) is 1. The molecule has 1 aromatic rings. The fourth-order valence-corrected chi connectivity index (χ4v) is 2.72. The Morgan fingerprint density at radius 1 is 1.31 bits per heavy atom. The first-order valence-electron chi connectivity index (χ1n) is 6.28. The molecule has 1 aliphatic carbocycles. The predicted octanol–water partition coefficient (Wildman–Crippen LogP) is 3.11. The molecular weight excluding hydrogens is 201 g/mol. The van der Waals surface area contributed by atoms with E-state index in [0.717, 1.165) is 12.1 Å². The number of nitrogens with one attached hydrogen (secondary N) is 1. The molecule has 1 saturated heterocycles. The Labute approximate surface area is 96.1 Å². The van der Waals surface area contributed by atoms with Crippen LogP contribution in [-0.4, -0.2) is 13.1 Å². The summed E-state index contributed by atoms with van der Waals surface area (Å²) in [7, 11) is 0. The van der Waals surface area contributed by atoms with Gasteiger partial charge in [-0.15, -0.1) is 0 Å². The summed E-state index contributed by atoms with van der Waals surface area (Å²) < 4.78 is 14.5. The van der Waals surface area contributed by atoms with E-state index in [1.165, 1.54) is 24.8 Å². The minimum atomic E-state index is -1.13. The Bertz CT molecular complexity index is 378. The largest absolute Gasteiger partial charge is 0.313 e. The van der Waals surface area contributed by atoms with Crippen molar-refractivity contribution in [2.45, 2.75) is 37.3 Å². The van der Waals surface area contributed by atoms with E-state index in [4.69, 9.17) is 0 Å². The average Bonchev–Trinajstić information content (AvgIpc) is 2.65. The van der Waals surface area contributed by atoms with Gasteiger partial charge >= 0.3 is 0 Å². The Kier molecular flexibility index (Phi) is 2.47. The Morgan fingerprint density at radius 2 is 2.19 bits per heavy atom. The fourth-order valence-electron chi connectivity index (χ4n) is 2.72. The first-order chi connectivity index (χ1) is 7.78. The number of alkyl halides is 1. The molecular formula is C14H18FN. The average molecular weight is 219 g/mol. The molecule has 16 heavy (non-hydrogen) atoms. The van der Waals surface area contributed by atoms with Crippen LogP contribution in [0.25, 0.3) is 0 Å². The quantitative estimate of drug-likeness (QED) is 0.806. The van der Waals surface area contributed by atoms with Gasteiger partial charge in [-0.2, -0.15) is 0 Å². The van der Waals surface area contributed by atoms with Gasteiger partial charge in [-0.05, 0) is 42.9 Å². The lowest BCUT2D eigenvalue weighted by molar-refractivity contribution is 0.193. The Morgan fingerprint density at radius 3 is 2.81 bits per heavy atom. The molecule has 0 amide bonds. The van der Waals surface area contributed by atoms with Gasteiger partial charge in [-0.25, -0.2) is 4.39 Å². The zero-order valence-electron chi connectivity index (χ0n) is 9.51. The van der Waals surface area contributed by atoms with Crippen LogP contribution in [0.3, 0.4) is 0 Å². The third-order valence-corrected chi connectivity index (χ3v) is 4.08. The number of benzene rings is 1. The monoisotopic (exact) mass is 219 g/mol. The molecule has 2 fully saturated rings. The summed E-state index contributed by atoms with van der Waals surface area (Å²) in [5.74, 6) is 0.693. The molecule has 2 aliphatic rings. The lowest BCUT2D eigenvalue weighted by Gasteiger charge is -2.27. The van der Waals surface area contributed by atoms with Gasteiger partial charge in [0.1, 0.15) is 5.67 Å². The van der Waals surface area contributed by atoms with Crippen molar-refractivity contribution in [3.05, 3.63) is 35.4 Å². The second-order valence-electron chi connectivity index (χ2n) is 5.15. The lowest BCUT2D eigenvalue weighted by atomic mass is 9.79. The summed E-state index contributed by atoms with van der Waals surface area (Å²) in [6, 6.07) is 8.20. The van der Waals surface area contributed by atoms with Crippen molar-refractivity contribution in [1.82, 2.24) is 5.32 Å². The molecule has 1 saturated carbocycles. The van der Waals surface area contributed by atoms with Crippen molar-refractivity contribution < 1.29 is 4.39 Å². The molecule has 0 radical (unpaired) electrons. The summed E-state index contributed by atoms with van der Waals surface area (Å²) in [6.45, 7) is 1.27. The van der Waals surface area contributed by atoms with Gasteiger partial charge in [-0.1, -0.05) is 30.7 Å². The van der Waals surface area contributed by atoms with Crippen LogP contribution >= 0.6 is 0 Å². The number of rotatable bonds is 2. The van der Waals surface area contributed by atoms with Gasteiger partial charge in [-0.3, -0.25) is 0 Å². The zero-order valence-corrected chi connectivity index (χ0v) is 9.51. The van der Waals surface area contributed by atoms with Gasteiger partial charge in [0, 0.05) is 6.54 Å². The molecule has 0 spiro atoms. The summed E-state index contributed by atoms with van der Waals surface area (Å²) in [5, 5.41) is 3.11. The highest BCUT2D eigenvalue weighted by Gasteiger charge is 2.35. The summed E-state index contributed by atoms with van der Waals surface area (Å²) in [4.78, 5) is 0. The van der Waals surface area contributed by atoms with E-state index < -0.39 is 5.67 Å². The summed E-state index contributed by atoms with van der Waals surface area (Å²) >= 11 is 0. The highest BCUT2D eigenvalue weighted by molar-refractivity contribution is 5.32. The molecule has 1 heterocycles. The van der Waals surface area contributed by atoms with Crippen LogP contribution in [-0.2, 0) is 5.67 Å². The molecule has 0 bridgehead atoms. The van der Waals surface area contributed by atoms with E-state index in [0.29, 0.717) is 18.9 Å². The van der Waals surface area contributed by atoms with E-state index in [1.807, 2.05) is 12.1 Å². The van der Waals surface area contributed by atoms with E-state index in [1.54, 1.807) is 0 Å². The minimum absolute atomic E-state index is 0.473. The fraction of sp³-hybridized carbons (Fsp3) is 0.571. The van der Waals surface area contributed by atoms with E-state index in [-0.39, 0.29) is 0 Å². The third-order valence-electron chi connectivity index (χ3n) is 4.08. The van der Waals surface area contributed by atoms with Crippen LogP contribution in [0, 0.1) is 0 Å². The molecule has 1 N–H and O–H groups in total. The smallest absolute Gasteiger partial charge is 0.149 e. The first kappa shape index (κ1) is 10.3. The second-order valence-corrected chi connectivity index (χ2v) is 5.15. The SMILES string of the molecule is FC1(c2cccc(C3CCC3)c2)CCNC1. The maximum absolute atomic E-state index is 14.5. The minimum Gasteiger partial charge on any atom is -0.313 e. The van der Waals surface area contributed by atoms with Crippen molar-refractivity contribution in [3.63, 3.8) is 0 Å². The molecule has 86 valence electrons. The van der Waals surface area contributed by atoms with Crippen LogP contribution in [0.4, 0.5) is 4.39 Å². The molecule has 1 atom stereocenters. The maximum atomic E-state index is 14.5. The van der Waals surface area contributed by atoms with Crippen molar-refractivity contribution in [2.75, 3.05) is 13.1 Å². The third kappa shape index (κ3) is 1.65. The molecule has 1 aromatic carbocycles. The van der Waals surface area contributed by atoms with Crippen LogP contribution in [0.15, 0.2) is 24.3 Å². The lowest BCUT2D eigenvalue weighted by Crippen LogP contribution is -2.23. The molecule has 3 rings (SSSR count). The van der Waals surface area contributed by atoms with Crippen LogP contribution in [0.1, 0.15) is 42.7 Å². The van der Waals surface area contributed by atoms with Crippen molar-refractivity contribution in [2.24, 2.45) is 0 Å². The van der Waals surface area contributed by atoms with Crippen LogP contribution in [0.5, 0.6) is 0 Å². The van der Waals surface area contributed by atoms with Gasteiger partial charge in [0.15, 0.2) is 0 Å². The molecule has 2 heteroatoms. The molecule has 1 aliphatic heterocycles. The zero-order chi connectivity index (χ0) is 11.0. The highest BCUT2D eigenvalue weighted by atomic mass is 19.1. The van der Waals surface area contributed by atoms with Crippen molar-refractivity contribution in [1.29, 1.82) is 0 Å². The Hall–Kier alpha value is -0.890. The summed E-state index contributed by atoms with van der Waals surface area (Å²) in [5.41, 5.74) is 1.09. The predicted molar refractivity (Wildman–Crippen MR) is 63.3 cm³/mol. The summed E-state index contributed by atoms with van der Waals surface area (Å²) in [6.07, 6.45) is 4.50. The molecule has 0 aromatic heterocycles. The normalized spacial score (nSPS) is 30.3. The van der Waals surface area contributed by atoms with Crippen LogP contribution in [0.2, 0.25) is 0 Å². The van der Waals surface area contributed by atoms with Gasteiger partial charge in [0.25, 0.3) is 0 Å². The van der Waals surface area contributed by atoms with Crippen LogP contribution < -0.4 is 5.32 Å². The first-order valence-corrected chi connectivity index (χ1v) is 6.28. The van der Waals surface area contributed by atoms with Gasteiger partial charge < -0.3 is 5.32 Å². The number of hydrogen-bond donors (Lipinski definition) is 1. The van der Waals surface area contributed by atoms with Gasteiger partial charge in [0.05, 0.1) is 0 Å². The van der Waals surface area contributed by atoms with Gasteiger partial charge in [0.2, 0.25) is 0 Å². The highest BCUT2D eigenvalue weighted by Crippen LogP contribution is 2.39. The Balaban J connectivity index is 1.89. The van der Waals surface area contributed by atoms with E-state index in [9.17, 15) is 4.39 Å². The van der Waals surface area contributed by atoms with E-state index >= 15 is 0 Å². The molecule has 1 nitrogen and oxygen atoms in total. The topological polar surface area (TPSA) is 12.0 Å². The van der Waals surface area contributed by atoms with Crippen molar-refractivity contribution >= 4 is 0 Å². The second kappa shape index (κ2) is 3.85.